The van der Waals surface area contributed by atoms with Crippen LogP contribution in [0.3, 0.4) is 0 Å². The Morgan fingerprint density at radius 3 is 2.72 bits per heavy atom. The molecule has 0 saturated carbocycles. The molecule has 1 atom stereocenters. The molecule has 0 aliphatic rings. The van der Waals surface area contributed by atoms with Crippen molar-refractivity contribution in [3.8, 4) is 0 Å². The minimum Gasteiger partial charge on any atom is -0.468 e. The number of hydrogen-bond donors (Lipinski definition) is 1. The van der Waals surface area contributed by atoms with E-state index in [9.17, 15) is 0 Å². The Labute approximate surface area is 108 Å². The highest BCUT2D eigenvalue weighted by atomic mass is 16.3. The number of furan rings is 1. The third-order valence-electron chi connectivity index (χ3n) is 3.19. The molecule has 0 fully saturated rings. The van der Waals surface area contributed by atoms with Gasteiger partial charge in [0.25, 0.3) is 0 Å². The van der Waals surface area contributed by atoms with Gasteiger partial charge in [0.15, 0.2) is 0 Å². The summed E-state index contributed by atoms with van der Waals surface area (Å²) in [5, 5.41) is 3.48. The largest absolute Gasteiger partial charge is 0.468 e. The Bertz CT molecular complexity index is 459. The summed E-state index contributed by atoms with van der Waals surface area (Å²) in [6.45, 7) is 1.74. The van der Waals surface area contributed by atoms with Gasteiger partial charge in [0.1, 0.15) is 5.76 Å². The Morgan fingerprint density at radius 1 is 1.33 bits per heavy atom. The third-order valence-corrected chi connectivity index (χ3v) is 3.19. The lowest BCUT2D eigenvalue weighted by Crippen LogP contribution is -2.30. The van der Waals surface area contributed by atoms with E-state index in [1.807, 2.05) is 12.1 Å². The zero-order valence-electron chi connectivity index (χ0n) is 11.3. The molecule has 0 saturated heterocycles. The second kappa shape index (κ2) is 5.89. The van der Waals surface area contributed by atoms with Gasteiger partial charge >= 0.3 is 0 Å². The molecule has 2 aromatic rings. The van der Waals surface area contributed by atoms with Crippen LogP contribution in [0.25, 0.3) is 0 Å². The molecule has 2 heterocycles. The molecule has 0 amide bonds. The van der Waals surface area contributed by atoms with Crippen molar-refractivity contribution in [2.24, 2.45) is 7.05 Å². The average Bonchev–Trinajstić information content (AvgIpc) is 2.96. The van der Waals surface area contributed by atoms with Crippen molar-refractivity contribution < 1.29 is 4.42 Å². The van der Waals surface area contributed by atoms with Gasteiger partial charge in [-0.2, -0.15) is 0 Å². The van der Waals surface area contributed by atoms with Crippen molar-refractivity contribution >= 4 is 0 Å². The molecule has 0 bridgehead atoms. The van der Waals surface area contributed by atoms with Gasteiger partial charge in [-0.3, -0.25) is 4.90 Å². The number of aryl methyl sites for hydroxylation is 1. The van der Waals surface area contributed by atoms with E-state index in [-0.39, 0.29) is 6.04 Å². The predicted octanol–water partition coefficient (Wildman–Crippen LogP) is 2.01. The van der Waals surface area contributed by atoms with Crippen molar-refractivity contribution in [2.45, 2.75) is 12.6 Å². The summed E-state index contributed by atoms with van der Waals surface area (Å²) in [6, 6.07) is 8.41. The fourth-order valence-electron chi connectivity index (χ4n) is 2.04. The fourth-order valence-corrected chi connectivity index (χ4v) is 2.04. The standard InChI is InChI=1S/C14H21N3O/c1-16(2)13(14-7-5-9-18-14)11-15-10-12-6-4-8-17(12)3/h4-9,13,15H,10-11H2,1-3H3. The van der Waals surface area contributed by atoms with Crippen LogP contribution in [-0.2, 0) is 13.6 Å². The van der Waals surface area contributed by atoms with Crippen LogP contribution in [0.2, 0.25) is 0 Å². The van der Waals surface area contributed by atoms with Crippen LogP contribution in [0.4, 0.5) is 0 Å². The van der Waals surface area contributed by atoms with Crippen molar-refractivity contribution in [1.29, 1.82) is 0 Å². The number of nitrogens with one attached hydrogen (secondary N) is 1. The van der Waals surface area contributed by atoms with Gasteiger partial charge in [-0.25, -0.2) is 0 Å². The van der Waals surface area contributed by atoms with E-state index in [4.69, 9.17) is 4.42 Å². The molecule has 0 spiro atoms. The normalized spacial score (nSPS) is 13.1. The summed E-state index contributed by atoms with van der Waals surface area (Å²) in [5.74, 6) is 0.999. The molecule has 98 valence electrons. The average molecular weight is 247 g/mol. The molecule has 0 aromatic carbocycles. The summed E-state index contributed by atoms with van der Waals surface area (Å²) in [5.41, 5.74) is 1.28. The van der Waals surface area contributed by atoms with Crippen LogP contribution in [0.15, 0.2) is 41.1 Å². The van der Waals surface area contributed by atoms with Crippen molar-refractivity contribution in [3.63, 3.8) is 0 Å². The predicted molar refractivity (Wildman–Crippen MR) is 72.3 cm³/mol. The van der Waals surface area contributed by atoms with E-state index < -0.39 is 0 Å². The summed E-state index contributed by atoms with van der Waals surface area (Å²) in [6.07, 6.45) is 3.79. The lowest BCUT2D eigenvalue weighted by Gasteiger charge is -2.22. The van der Waals surface area contributed by atoms with Crippen LogP contribution >= 0.6 is 0 Å². The zero-order valence-corrected chi connectivity index (χ0v) is 11.3. The number of likely N-dealkylation sites (N-methyl/N-ethyl adjacent to an activating group) is 1. The van der Waals surface area contributed by atoms with Crippen LogP contribution < -0.4 is 5.32 Å². The smallest absolute Gasteiger partial charge is 0.122 e. The van der Waals surface area contributed by atoms with E-state index in [0.29, 0.717) is 0 Å². The van der Waals surface area contributed by atoms with Gasteiger partial charge in [0, 0.05) is 32.0 Å². The van der Waals surface area contributed by atoms with Crippen molar-refractivity contribution in [3.05, 3.63) is 48.2 Å². The van der Waals surface area contributed by atoms with Crippen LogP contribution in [0, 0.1) is 0 Å². The molecule has 0 radical (unpaired) electrons. The van der Waals surface area contributed by atoms with E-state index in [1.54, 1.807) is 6.26 Å². The van der Waals surface area contributed by atoms with E-state index in [0.717, 1.165) is 18.8 Å². The van der Waals surface area contributed by atoms with Gasteiger partial charge in [-0.05, 0) is 38.4 Å². The molecule has 0 aliphatic heterocycles. The number of aromatic nitrogens is 1. The fraction of sp³-hybridized carbons (Fsp3) is 0.429. The lowest BCUT2D eigenvalue weighted by atomic mass is 10.2. The third kappa shape index (κ3) is 3.03. The summed E-state index contributed by atoms with van der Waals surface area (Å²) in [7, 11) is 6.20. The molecular formula is C14H21N3O. The topological polar surface area (TPSA) is 33.3 Å². The maximum absolute atomic E-state index is 5.48. The van der Waals surface area contributed by atoms with Crippen LogP contribution in [-0.4, -0.2) is 30.1 Å². The first-order valence-electron chi connectivity index (χ1n) is 6.19. The first kappa shape index (κ1) is 12.9. The molecule has 18 heavy (non-hydrogen) atoms. The maximum atomic E-state index is 5.48. The van der Waals surface area contributed by atoms with Gasteiger partial charge in [-0.1, -0.05) is 0 Å². The molecule has 4 heteroatoms. The highest BCUT2D eigenvalue weighted by Gasteiger charge is 2.16. The molecule has 4 nitrogen and oxygen atoms in total. The second-order valence-corrected chi connectivity index (χ2v) is 4.74. The minimum atomic E-state index is 0.264. The first-order chi connectivity index (χ1) is 8.68. The monoisotopic (exact) mass is 247 g/mol. The Morgan fingerprint density at radius 2 is 2.17 bits per heavy atom. The highest BCUT2D eigenvalue weighted by molar-refractivity contribution is 5.07. The maximum Gasteiger partial charge on any atom is 0.122 e. The Balaban J connectivity index is 1.89. The molecule has 1 N–H and O–H groups in total. The Kier molecular flexibility index (Phi) is 4.23. The van der Waals surface area contributed by atoms with Crippen molar-refractivity contribution in [1.82, 2.24) is 14.8 Å². The highest BCUT2D eigenvalue weighted by Crippen LogP contribution is 2.17. The van der Waals surface area contributed by atoms with Crippen LogP contribution in [0.5, 0.6) is 0 Å². The number of rotatable bonds is 6. The van der Waals surface area contributed by atoms with E-state index in [2.05, 4.69) is 54.3 Å². The molecule has 2 aromatic heterocycles. The lowest BCUT2D eigenvalue weighted by molar-refractivity contribution is 0.250. The van der Waals surface area contributed by atoms with Gasteiger partial charge in [0.05, 0.1) is 12.3 Å². The summed E-state index contributed by atoms with van der Waals surface area (Å²) >= 11 is 0. The first-order valence-corrected chi connectivity index (χ1v) is 6.19. The van der Waals surface area contributed by atoms with Gasteiger partial charge in [-0.15, -0.1) is 0 Å². The number of nitrogens with zero attached hydrogens (tertiary/aromatic N) is 2. The number of hydrogen-bond acceptors (Lipinski definition) is 3. The minimum absolute atomic E-state index is 0.264. The zero-order chi connectivity index (χ0) is 13.0. The van der Waals surface area contributed by atoms with Crippen LogP contribution in [0.1, 0.15) is 17.5 Å². The van der Waals surface area contributed by atoms with E-state index in [1.165, 1.54) is 5.69 Å². The molecule has 1 unspecified atom stereocenters. The second-order valence-electron chi connectivity index (χ2n) is 4.74. The molecule has 0 aliphatic carbocycles. The molecule has 2 rings (SSSR count). The molecular weight excluding hydrogens is 226 g/mol. The Hall–Kier alpha value is -1.52. The van der Waals surface area contributed by atoms with Crippen molar-refractivity contribution in [2.75, 3.05) is 20.6 Å². The van der Waals surface area contributed by atoms with Gasteiger partial charge in [0.2, 0.25) is 0 Å². The quantitative estimate of drug-likeness (QED) is 0.847. The summed E-state index contributed by atoms with van der Waals surface area (Å²) in [4.78, 5) is 2.16. The SMILES string of the molecule is CN(C)C(CNCc1cccn1C)c1ccco1. The van der Waals surface area contributed by atoms with E-state index >= 15 is 0 Å². The van der Waals surface area contributed by atoms with Gasteiger partial charge < -0.3 is 14.3 Å². The summed E-state index contributed by atoms with van der Waals surface area (Å²) < 4.78 is 7.61.